The van der Waals surface area contributed by atoms with Crippen molar-refractivity contribution in [2.75, 3.05) is 26.0 Å². The van der Waals surface area contributed by atoms with Crippen LogP contribution in [0, 0.1) is 0 Å². The summed E-state index contributed by atoms with van der Waals surface area (Å²) in [5.41, 5.74) is 2.08. The third-order valence-electron chi connectivity index (χ3n) is 3.43. The Hall–Kier alpha value is -2.14. The summed E-state index contributed by atoms with van der Waals surface area (Å²) >= 11 is 0. The molecule has 1 aromatic carbocycles. The number of para-hydroxylation sites is 1. The number of carbonyl (C=O) groups excluding carboxylic acids is 1. The quantitative estimate of drug-likeness (QED) is 0.884. The van der Waals surface area contributed by atoms with Gasteiger partial charge in [-0.3, -0.25) is 4.79 Å². The van der Waals surface area contributed by atoms with Gasteiger partial charge in [0.05, 0.1) is 11.6 Å². The Bertz CT molecular complexity index is 640. The summed E-state index contributed by atoms with van der Waals surface area (Å²) in [6.45, 7) is 2.21. The van der Waals surface area contributed by atoms with E-state index in [0.717, 1.165) is 16.6 Å². The molecule has 1 atom stereocenters. The molecule has 2 aromatic rings. The van der Waals surface area contributed by atoms with Crippen molar-refractivity contribution in [3.05, 3.63) is 36.0 Å². The summed E-state index contributed by atoms with van der Waals surface area (Å²) < 4.78 is 0. The van der Waals surface area contributed by atoms with Crippen LogP contribution in [0.25, 0.3) is 10.9 Å². The van der Waals surface area contributed by atoms with Crippen molar-refractivity contribution >= 4 is 22.5 Å². The van der Waals surface area contributed by atoms with E-state index in [4.69, 9.17) is 0 Å². The highest BCUT2D eigenvalue weighted by Crippen LogP contribution is 2.23. The summed E-state index contributed by atoms with van der Waals surface area (Å²) in [6.07, 6.45) is 0.131. The molecule has 2 N–H and O–H groups in total. The molecule has 0 aliphatic carbocycles. The average molecular weight is 287 g/mol. The van der Waals surface area contributed by atoms with Crippen LogP contribution in [0.3, 0.4) is 0 Å². The van der Waals surface area contributed by atoms with Gasteiger partial charge in [-0.2, -0.15) is 0 Å². The molecule has 21 heavy (non-hydrogen) atoms. The van der Waals surface area contributed by atoms with Crippen molar-refractivity contribution in [3.63, 3.8) is 0 Å². The van der Waals surface area contributed by atoms with Crippen molar-refractivity contribution in [1.82, 2.24) is 9.88 Å². The maximum absolute atomic E-state index is 12.4. The number of hydrogen-bond donors (Lipinski definition) is 2. The van der Waals surface area contributed by atoms with Crippen LogP contribution in [0.1, 0.15) is 23.8 Å². The first-order chi connectivity index (χ1) is 10.0. The number of aliphatic hydroxyl groups is 1. The number of anilines is 1. The molecule has 1 amide bonds. The van der Waals surface area contributed by atoms with E-state index in [1.54, 1.807) is 24.9 Å². The fourth-order valence-corrected chi connectivity index (χ4v) is 2.17. The maximum Gasteiger partial charge on any atom is 0.272 e. The van der Waals surface area contributed by atoms with Crippen LogP contribution < -0.4 is 5.32 Å². The molecule has 0 radical (unpaired) electrons. The van der Waals surface area contributed by atoms with Gasteiger partial charge in [0.25, 0.3) is 5.91 Å². The van der Waals surface area contributed by atoms with Gasteiger partial charge in [-0.1, -0.05) is 18.2 Å². The number of nitrogens with zero attached hydrogens (tertiary/aromatic N) is 2. The summed E-state index contributed by atoms with van der Waals surface area (Å²) in [7, 11) is 3.55. The highest BCUT2D eigenvalue weighted by Gasteiger charge is 2.16. The minimum absolute atomic E-state index is 0.141. The van der Waals surface area contributed by atoms with E-state index in [2.05, 4.69) is 10.3 Å². The number of fused-ring (bicyclic) bond motifs is 1. The normalized spacial score (nSPS) is 12.2. The standard InChI is InChI=1S/C16H21N3O2/c1-11(20)8-9-19(3)16(21)15-10-14(17-2)12-6-4-5-7-13(12)18-15/h4-7,10-11,20H,8-9H2,1-3H3,(H,17,18). The molecule has 0 saturated carbocycles. The molecule has 0 saturated heterocycles. The first-order valence-electron chi connectivity index (χ1n) is 7.04. The zero-order valence-electron chi connectivity index (χ0n) is 12.6. The number of aliphatic hydroxyl groups excluding tert-OH is 1. The number of rotatable bonds is 5. The van der Waals surface area contributed by atoms with Gasteiger partial charge in [0.2, 0.25) is 0 Å². The number of aromatic nitrogens is 1. The number of pyridine rings is 1. The van der Waals surface area contributed by atoms with E-state index in [-0.39, 0.29) is 5.91 Å². The smallest absolute Gasteiger partial charge is 0.272 e. The van der Waals surface area contributed by atoms with Crippen molar-refractivity contribution in [2.24, 2.45) is 0 Å². The van der Waals surface area contributed by atoms with Gasteiger partial charge in [-0.15, -0.1) is 0 Å². The van der Waals surface area contributed by atoms with Gasteiger partial charge in [-0.05, 0) is 25.5 Å². The third-order valence-corrected chi connectivity index (χ3v) is 3.43. The second-order valence-electron chi connectivity index (χ2n) is 5.19. The van der Waals surface area contributed by atoms with Crippen molar-refractivity contribution < 1.29 is 9.90 Å². The zero-order chi connectivity index (χ0) is 15.4. The van der Waals surface area contributed by atoms with Crippen molar-refractivity contribution in [1.29, 1.82) is 0 Å². The number of amides is 1. The third kappa shape index (κ3) is 3.49. The van der Waals surface area contributed by atoms with Gasteiger partial charge in [0.1, 0.15) is 5.69 Å². The second-order valence-corrected chi connectivity index (χ2v) is 5.19. The van der Waals surface area contributed by atoms with Gasteiger partial charge < -0.3 is 15.3 Å². The van der Waals surface area contributed by atoms with E-state index in [0.29, 0.717) is 18.7 Å². The van der Waals surface area contributed by atoms with Gasteiger partial charge >= 0.3 is 0 Å². The monoisotopic (exact) mass is 287 g/mol. The Kier molecular flexibility index (Phi) is 4.75. The molecule has 112 valence electrons. The minimum Gasteiger partial charge on any atom is -0.393 e. The van der Waals surface area contributed by atoms with Crippen LogP contribution in [0.4, 0.5) is 5.69 Å². The van der Waals surface area contributed by atoms with E-state index >= 15 is 0 Å². The Morgan fingerprint density at radius 1 is 1.43 bits per heavy atom. The highest BCUT2D eigenvalue weighted by molar-refractivity contribution is 5.99. The fourth-order valence-electron chi connectivity index (χ4n) is 2.17. The lowest BCUT2D eigenvalue weighted by Crippen LogP contribution is -2.30. The van der Waals surface area contributed by atoms with E-state index in [9.17, 15) is 9.90 Å². The largest absolute Gasteiger partial charge is 0.393 e. The molecule has 0 aliphatic heterocycles. The topological polar surface area (TPSA) is 65.5 Å². The molecule has 1 aromatic heterocycles. The lowest BCUT2D eigenvalue weighted by atomic mass is 10.1. The molecule has 2 rings (SSSR count). The van der Waals surface area contributed by atoms with E-state index in [1.165, 1.54) is 0 Å². The summed E-state index contributed by atoms with van der Waals surface area (Å²) in [4.78, 5) is 18.4. The fraction of sp³-hybridized carbons (Fsp3) is 0.375. The first kappa shape index (κ1) is 15.3. The van der Waals surface area contributed by atoms with Crippen molar-refractivity contribution in [2.45, 2.75) is 19.4 Å². The molecule has 1 heterocycles. The maximum atomic E-state index is 12.4. The Balaban J connectivity index is 2.31. The van der Waals surface area contributed by atoms with Crippen LogP contribution in [-0.2, 0) is 0 Å². The summed E-state index contributed by atoms with van der Waals surface area (Å²) in [5.74, 6) is -0.141. The first-order valence-corrected chi connectivity index (χ1v) is 7.04. The van der Waals surface area contributed by atoms with E-state index < -0.39 is 6.10 Å². The molecular weight excluding hydrogens is 266 g/mol. The number of hydrogen-bond acceptors (Lipinski definition) is 4. The van der Waals surface area contributed by atoms with Gasteiger partial charge in [0, 0.05) is 31.7 Å². The molecule has 1 unspecified atom stereocenters. The molecule has 0 spiro atoms. The molecular formula is C16H21N3O2. The molecule has 0 bridgehead atoms. The predicted octanol–water partition coefficient (Wildman–Crippen LogP) is 2.12. The Morgan fingerprint density at radius 3 is 2.81 bits per heavy atom. The molecule has 5 nitrogen and oxygen atoms in total. The zero-order valence-corrected chi connectivity index (χ0v) is 12.6. The van der Waals surface area contributed by atoms with Crippen LogP contribution in [-0.4, -0.2) is 47.6 Å². The number of nitrogens with one attached hydrogen (secondary N) is 1. The van der Waals surface area contributed by atoms with E-state index in [1.807, 2.05) is 31.3 Å². The summed E-state index contributed by atoms with van der Waals surface area (Å²) in [6, 6.07) is 9.48. The number of benzene rings is 1. The van der Waals surface area contributed by atoms with Gasteiger partial charge in [0.15, 0.2) is 0 Å². The second kappa shape index (κ2) is 6.54. The van der Waals surface area contributed by atoms with Crippen LogP contribution in [0.2, 0.25) is 0 Å². The predicted molar refractivity (Wildman–Crippen MR) is 84.5 cm³/mol. The minimum atomic E-state index is -0.419. The Labute approximate surface area is 124 Å². The average Bonchev–Trinajstić information content (AvgIpc) is 2.50. The molecule has 5 heteroatoms. The van der Waals surface area contributed by atoms with Crippen molar-refractivity contribution in [3.8, 4) is 0 Å². The van der Waals surface area contributed by atoms with Crippen LogP contribution in [0.5, 0.6) is 0 Å². The van der Waals surface area contributed by atoms with Gasteiger partial charge in [-0.25, -0.2) is 4.98 Å². The SMILES string of the molecule is CNc1cc(C(=O)N(C)CCC(C)O)nc2ccccc12. The van der Waals surface area contributed by atoms with Crippen LogP contribution >= 0.6 is 0 Å². The molecule has 0 aliphatic rings. The Morgan fingerprint density at radius 2 is 2.14 bits per heavy atom. The highest BCUT2D eigenvalue weighted by atomic mass is 16.3. The van der Waals surface area contributed by atoms with Crippen LogP contribution in [0.15, 0.2) is 30.3 Å². The lowest BCUT2D eigenvalue weighted by Gasteiger charge is -2.18. The lowest BCUT2D eigenvalue weighted by molar-refractivity contribution is 0.0763. The number of carbonyl (C=O) groups is 1. The molecule has 0 fully saturated rings. The summed E-state index contributed by atoms with van der Waals surface area (Å²) in [5, 5.41) is 13.4.